The maximum Gasteiger partial charge on any atom is 0.320 e. The molecule has 1 aliphatic heterocycles. The van der Waals surface area contributed by atoms with Gasteiger partial charge in [-0.25, -0.2) is 4.79 Å². The molecule has 7 heteroatoms. The molecule has 0 unspecified atom stereocenters. The molecule has 3 amide bonds. The molecule has 3 N–H and O–H groups in total. The summed E-state index contributed by atoms with van der Waals surface area (Å²) in [6.45, 7) is 2.19. The second-order valence-electron chi connectivity index (χ2n) is 4.43. The molecule has 1 fully saturated rings. The number of hydrogen-bond donors (Lipinski definition) is 2. The quantitative estimate of drug-likeness (QED) is 0.675. The Hall–Kier alpha value is -1.79. The Morgan fingerprint density at radius 1 is 1.41 bits per heavy atom. The summed E-state index contributed by atoms with van der Waals surface area (Å²) in [6, 6.07) is -0.362. The zero-order valence-corrected chi connectivity index (χ0v) is 9.92. The van der Waals surface area contributed by atoms with Crippen molar-refractivity contribution in [3.8, 4) is 0 Å². The highest BCUT2D eigenvalue weighted by molar-refractivity contribution is 5.83. The van der Waals surface area contributed by atoms with Gasteiger partial charge in [0.2, 0.25) is 5.91 Å². The van der Waals surface area contributed by atoms with Crippen molar-refractivity contribution in [1.82, 2.24) is 9.80 Å². The van der Waals surface area contributed by atoms with Gasteiger partial charge in [-0.1, -0.05) is 6.92 Å². The number of likely N-dealkylation sites (tertiary alicyclic amines) is 1. The lowest BCUT2D eigenvalue weighted by atomic mass is 9.99. The zero-order chi connectivity index (χ0) is 13.2. The molecular weight excluding hydrogens is 226 g/mol. The number of carboxylic acids is 1. The van der Waals surface area contributed by atoms with Gasteiger partial charge in [-0.05, 0) is 5.92 Å². The van der Waals surface area contributed by atoms with Crippen LogP contribution in [0.15, 0.2) is 0 Å². The van der Waals surface area contributed by atoms with Gasteiger partial charge in [0.05, 0.1) is 5.92 Å². The third-order valence-electron chi connectivity index (χ3n) is 2.92. The maximum atomic E-state index is 11.8. The first kappa shape index (κ1) is 13.3. The molecule has 7 nitrogen and oxygen atoms in total. The topological polar surface area (TPSA) is 104 Å². The summed E-state index contributed by atoms with van der Waals surface area (Å²) in [6.07, 6.45) is 0. The first-order chi connectivity index (χ1) is 7.82. The number of carboxylic acid groups (broad SMARTS) is 1. The molecule has 0 aliphatic carbocycles. The highest BCUT2D eigenvalue weighted by Gasteiger charge is 2.37. The van der Waals surface area contributed by atoms with Crippen molar-refractivity contribution in [2.24, 2.45) is 17.6 Å². The first-order valence-corrected chi connectivity index (χ1v) is 5.34. The summed E-state index contributed by atoms with van der Waals surface area (Å²) >= 11 is 0. The van der Waals surface area contributed by atoms with E-state index < -0.39 is 17.8 Å². The molecule has 0 aromatic heterocycles. The van der Waals surface area contributed by atoms with Crippen LogP contribution in [-0.2, 0) is 9.59 Å². The number of hydrogen-bond acceptors (Lipinski definition) is 3. The van der Waals surface area contributed by atoms with Crippen LogP contribution < -0.4 is 5.73 Å². The lowest BCUT2D eigenvalue weighted by Gasteiger charge is -2.23. The molecule has 0 aromatic rings. The minimum atomic E-state index is -0.898. The predicted octanol–water partition coefficient (Wildman–Crippen LogP) is -0.824. The molecule has 0 spiro atoms. The maximum absolute atomic E-state index is 11.8. The number of nitrogens with zero attached hydrogens (tertiary/aromatic N) is 2. The van der Waals surface area contributed by atoms with E-state index in [4.69, 9.17) is 10.8 Å². The molecule has 1 saturated heterocycles. The molecule has 0 saturated carbocycles. The Kier molecular flexibility index (Phi) is 3.93. The minimum Gasteiger partial charge on any atom is -0.481 e. The lowest BCUT2D eigenvalue weighted by Crippen LogP contribution is -2.43. The summed E-state index contributed by atoms with van der Waals surface area (Å²) in [4.78, 5) is 36.1. The predicted molar refractivity (Wildman–Crippen MR) is 59.1 cm³/mol. The molecule has 1 aliphatic rings. The van der Waals surface area contributed by atoms with E-state index in [1.165, 1.54) is 16.8 Å². The molecule has 2 atom stereocenters. The third-order valence-corrected chi connectivity index (χ3v) is 2.92. The van der Waals surface area contributed by atoms with Crippen molar-refractivity contribution in [3.05, 3.63) is 0 Å². The first-order valence-electron chi connectivity index (χ1n) is 5.34. The zero-order valence-electron chi connectivity index (χ0n) is 9.92. The number of nitrogens with two attached hydrogens (primary N) is 1. The van der Waals surface area contributed by atoms with Crippen LogP contribution in [0.3, 0.4) is 0 Å². The Balaban J connectivity index is 2.61. The molecule has 0 bridgehead atoms. The van der Waals surface area contributed by atoms with Crippen molar-refractivity contribution in [2.75, 3.05) is 26.7 Å². The van der Waals surface area contributed by atoms with Gasteiger partial charge in [0, 0.05) is 20.1 Å². The van der Waals surface area contributed by atoms with Crippen LogP contribution >= 0.6 is 0 Å². The summed E-state index contributed by atoms with van der Waals surface area (Å²) in [5.74, 6) is -2.12. The van der Waals surface area contributed by atoms with Crippen LogP contribution in [0.1, 0.15) is 6.92 Å². The van der Waals surface area contributed by atoms with Crippen LogP contribution in [0.2, 0.25) is 0 Å². The van der Waals surface area contributed by atoms with E-state index in [0.717, 1.165) is 0 Å². The van der Waals surface area contributed by atoms with Crippen LogP contribution in [-0.4, -0.2) is 59.5 Å². The van der Waals surface area contributed by atoms with Crippen LogP contribution in [0, 0.1) is 11.8 Å². The summed E-state index contributed by atoms with van der Waals surface area (Å²) in [7, 11) is 1.46. The standard InChI is InChI=1S/C10H17N3O4/c1-6-3-13(4-7(6)9(15)16)10(17)12(2)5-8(11)14/h6-7H,3-5H2,1-2H3,(H2,11,14)(H,15,16)/t6-,7-/m1/s1. The molecule has 1 rings (SSSR count). The van der Waals surface area contributed by atoms with Gasteiger partial charge in [0.1, 0.15) is 6.54 Å². The van der Waals surface area contributed by atoms with Crippen LogP contribution in [0.25, 0.3) is 0 Å². The lowest BCUT2D eigenvalue weighted by molar-refractivity contribution is -0.142. The van der Waals surface area contributed by atoms with Gasteiger partial charge < -0.3 is 20.6 Å². The molecule has 17 heavy (non-hydrogen) atoms. The fourth-order valence-electron chi connectivity index (χ4n) is 1.99. The smallest absolute Gasteiger partial charge is 0.320 e. The van der Waals surface area contributed by atoms with Crippen molar-refractivity contribution < 1.29 is 19.5 Å². The number of carbonyl (C=O) groups excluding carboxylic acids is 2. The van der Waals surface area contributed by atoms with Gasteiger partial charge >= 0.3 is 12.0 Å². The highest BCUT2D eigenvalue weighted by Crippen LogP contribution is 2.23. The van der Waals surface area contributed by atoms with Gasteiger partial charge in [-0.3, -0.25) is 9.59 Å². The van der Waals surface area contributed by atoms with E-state index in [9.17, 15) is 14.4 Å². The number of aliphatic carboxylic acids is 1. The Bertz CT molecular complexity index is 344. The van der Waals surface area contributed by atoms with E-state index in [2.05, 4.69) is 0 Å². The monoisotopic (exact) mass is 243 g/mol. The third kappa shape index (κ3) is 3.08. The fourth-order valence-corrected chi connectivity index (χ4v) is 1.99. The SMILES string of the molecule is C[C@@H]1CN(C(=O)N(C)CC(N)=O)C[C@H]1C(=O)O. The molecule has 1 heterocycles. The second kappa shape index (κ2) is 5.03. The Labute approximate surface area is 99.2 Å². The van der Waals surface area contributed by atoms with Crippen molar-refractivity contribution in [2.45, 2.75) is 6.92 Å². The second-order valence-corrected chi connectivity index (χ2v) is 4.43. The van der Waals surface area contributed by atoms with Gasteiger partial charge in [0.25, 0.3) is 0 Å². The van der Waals surface area contributed by atoms with E-state index in [1.54, 1.807) is 6.92 Å². The number of urea groups is 1. The van der Waals surface area contributed by atoms with Gasteiger partial charge in [-0.2, -0.15) is 0 Å². The van der Waals surface area contributed by atoms with E-state index in [1.807, 2.05) is 0 Å². The van der Waals surface area contributed by atoms with E-state index in [0.29, 0.717) is 6.54 Å². The number of amides is 3. The van der Waals surface area contributed by atoms with Crippen LogP contribution in [0.5, 0.6) is 0 Å². The Morgan fingerprint density at radius 3 is 2.41 bits per heavy atom. The molecule has 96 valence electrons. The fraction of sp³-hybridized carbons (Fsp3) is 0.700. The van der Waals surface area contributed by atoms with E-state index >= 15 is 0 Å². The average molecular weight is 243 g/mol. The van der Waals surface area contributed by atoms with Crippen molar-refractivity contribution >= 4 is 17.9 Å². The largest absolute Gasteiger partial charge is 0.481 e. The summed E-state index contributed by atoms with van der Waals surface area (Å²) < 4.78 is 0. The van der Waals surface area contributed by atoms with Crippen molar-refractivity contribution in [3.63, 3.8) is 0 Å². The minimum absolute atomic E-state index is 0.0848. The Morgan fingerprint density at radius 2 is 2.00 bits per heavy atom. The molecular formula is C10H17N3O4. The summed E-state index contributed by atoms with van der Waals surface area (Å²) in [5.41, 5.74) is 4.99. The van der Waals surface area contributed by atoms with E-state index in [-0.39, 0.29) is 25.0 Å². The number of likely N-dealkylation sites (N-methyl/N-ethyl adjacent to an activating group) is 1. The number of rotatable bonds is 3. The molecule has 0 radical (unpaired) electrons. The highest BCUT2D eigenvalue weighted by atomic mass is 16.4. The number of primary amides is 1. The normalized spacial score (nSPS) is 23.5. The average Bonchev–Trinajstić information content (AvgIpc) is 2.58. The number of carbonyl (C=O) groups is 3. The van der Waals surface area contributed by atoms with Gasteiger partial charge in [0.15, 0.2) is 0 Å². The summed E-state index contributed by atoms with van der Waals surface area (Å²) in [5, 5.41) is 8.94. The molecule has 0 aromatic carbocycles. The van der Waals surface area contributed by atoms with Crippen molar-refractivity contribution in [1.29, 1.82) is 0 Å². The van der Waals surface area contributed by atoms with Gasteiger partial charge in [-0.15, -0.1) is 0 Å². The van der Waals surface area contributed by atoms with Crippen LogP contribution in [0.4, 0.5) is 4.79 Å².